The molecule has 2 rings (SSSR count). The van der Waals surface area contributed by atoms with Crippen LogP contribution in [0.5, 0.6) is 17.2 Å². The number of amides is 1. The summed E-state index contributed by atoms with van der Waals surface area (Å²) in [6, 6.07) is 14.5. The van der Waals surface area contributed by atoms with Crippen LogP contribution in [0.2, 0.25) is 0 Å². The molecule has 0 radical (unpaired) electrons. The summed E-state index contributed by atoms with van der Waals surface area (Å²) >= 11 is 0. The number of methoxy groups -OCH3 is 2. The minimum atomic E-state index is -0.519. The van der Waals surface area contributed by atoms with Crippen molar-refractivity contribution in [2.45, 2.75) is 6.92 Å². The molecule has 0 aliphatic rings. The Morgan fingerprint density at radius 2 is 1.82 bits per heavy atom. The predicted molar refractivity (Wildman–Crippen MR) is 107 cm³/mol. The summed E-state index contributed by atoms with van der Waals surface area (Å²) in [5.41, 5.74) is 1.43. The molecule has 28 heavy (non-hydrogen) atoms. The minimum Gasteiger partial charge on any atom is -0.497 e. The monoisotopic (exact) mass is 381 g/mol. The molecule has 2 N–H and O–H groups in total. The lowest BCUT2D eigenvalue weighted by Crippen LogP contribution is -2.20. The van der Waals surface area contributed by atoms with Gasteiger partial charge in [-0.3, -0.25) is 4.79 Å². The number of nitrogens with one attached hydrogen (secondary N) is 2. The molecule has 0 aliphatic heterocycles. The third-order valence-electron chi connectivity index (χ3n) is 3.79. The van der Waals surface area contributed by atoms with Crippen LogP contribution in [-0.4, -0.2) is 33.3 Å². The van der Waals surface area contributed by atoms with E-state index in [0.717, 1.165) is 11.3 Å². The zero-order valence-corrected chi connectivity index (χ0v) is 16.1. The highest BCUT2D eigenvalue weighted by Gasteiger charge is 2.12. The number of rotatable bonds is 9. The zero-order valence-electron chi connectivity index (χ0n) is 16.1. The van der Waals surface area contributed by atoms with Gasteiger partial charge in [0.2, 0.25) is 0 Å². The number of anilines is 1. The van der Waals surface area contributed by atoms with E-state index >= 15 is 0 Å². The normalized spacial score (nSPS) is 10.6. The zero-order chi connectivity index (χ0) is 20.4. The maximum atomic E-state index is 12.3. The van der Waals surface area contributed by atoms with Gasteiger partial charge < -0.3 is 24.8 Å². The van der Waals surface area contributed by atoms with Crippen molar-refractivity contribution < 1.29 is 19.0 Å². The van der Waals surface area contributed by atoms with Gasteiger partial charge in [0.05, 0.1) is 19.9 Å². The number of nitrogens with zero attached hydrogens (tertiary/aromatic N) is 1. The number of carbonyl (C=O) groups excluding carboxylic acids is 1. The topological polar surface area (TPSA) is 92.6 Å². The van der Waals surface area contributed by atoms with Crippen molar-refractivity contribution in [1.82, 2.24) is 5.32 Å². The Hall–Kier alpha value is -3.66. The minimum absolute atomic E-state index is 0.0481. The summed E-state index contributed by atoms with van der Waals surface area (Å²) in [6.45, 7) is 2.70. The van der Waals surface area contributed by atoms with Gasteiger partial charge in [0.15, 0.2) is 0 Å². The van der Waals surface area contributed by atoms with E-state index in [4.69, 9.17) is 14.2 Å². The summed E-state index contributed by atoms with van der Waals surface area (Å²) < 4.78 is 15.9. The fourth-order valence-electron chi connectivity index (χ4n) is 2.33. The fraction of sp³-hybridized carbons (Fsp3) is 0.238. The van der Waals surface area contributed by atoms with Gasteiger partial charge in [0.1, 0.15) is 35.5 Å². The molecular weight excluding hydrogens is 358 g/mol. The molecule has 1 amide bonds. The number of nitriles is 1. The van der Waals surface area contributed by atoms with Gasteiger partial charge in [-0.15, -0.1) is 0 Å². The lowest BCUT2D eigenvalue weighted by atomic mass is 10.2. The van der Waals surface area contributed by atoms with E-state index in [1.807, 2.05) is 19.1 Å². The van der Waals surface area contributed by atoms with Crippen LogP contribution in [0, 0.1) is 18.3 Å². The van der Waals surface area contributed by atoms with Crippen molar-refractivity contribution >= 4 is 11.6 Å². The third-order valence-corrected chi connectivity index (χ3v) is 3.79. The lowest BCUT2D eigenvalue weighted by Gasteiger charge is -2.11. The molecule has 0 fully saturated rings. The molecule has 0 heterocycles. The molecule has 0 bridgehead atoms. The van der Waals surface area contributed by atoms with Crippen LogP contribution in [0.25, 0.3) is 0 Å². The molecule has 0 aliphatic carbocycles. The number of aryl methyl sites for hydroxylation is 1. The van der Waals surface area contributed by atoms with Gasteiger partial charge in [0.25, 0.3) is 5.91 Å². The van der Waals surface area contributed by atoms with Gasteiger partial charge >= 0.3 is 0 Å². The van der Waals surface area contributed by atoms with Crippen LogP contribution >= 0.6 is 0 Å². The molecule has 7 nitrogen and oxygen atoms in total. The van der Waals surface area contributed by atoms with Crippen molar-refractivity contribution in [3.05, 3.63) is 59.8 Å². The second-order valence-electron chi connectivity index (χ2n) is 5.81. The summed E-state index contributed by atoms with van der Waals surface area (Å²) in [5, 5.41) is 14.8. The van der Waals surface area contributed by atoms with Gasteiger partial charge in [-0.25, -0.2) is 0 Å². The van der Waals surface area contributed by atoms with Crippen molar-refractivity contribution in [2.24, 2.45) is 0 Å². The second kappa shape index (κ2) is 10.5. The molecule has 2 aromatic rings. The van der Waals surface area contributed by atoms with Gasteiger partial charge in [-0.2, -0.15) is 5.26 Å². The van der Waals surface area contributed by atoms with E-state index < -0.39 is 5.91 Å². The molecule has 7 heteroatoms. The van der Waals surface area contributed by atoms with E-state index in [2.05, 4.69) is 10.6 Å². The van der Waals surface area contributed by atoms with Crippen LogP contribution in [0.15, 0.2) is 54.2 Å². The molecule has 0 spiro atoms. The van der Waals surface area contributed by atoms with Crippen molar-refractivity contribution in [2.75, 3.05) is 32.7 Å². The highest BCUT2D eigenvalue weighted by Crippen LogP contribution is 2.25. The first kappa shape index (κ1) is 20.6. The molecule has 0 unspecified atom stereocenters. The van der Waals surface area contributed by atoms with Crippen molar-refractivity contribution in [3.8, 4) is 23.3 Å². The number of ether oxygens (including phenoxy) is 3. The summed E-state index contributed by atoms with van der Waals surface area (Å²) in [7, 11) is 3.12. The first-order valence-corrected chi connectivity index (χ1v) is 8.64. The number of hydrogen-bond acceptors (Lipinski definition) is 6. The Morgan fingerprint density at radius 1 is 1.11 bits per heavy atom. The highest BCUT2D eigenvalue weighted by molar-refractivity contribution is 6.07. The Balaban J connectivity index is 1.86. The van der Waals surface area contributed by atoms with Crippen LogP contribution in [-0.2, 0) is 4.79 Å². The van der Waals surface area contributed by atoms with Gasteiger partial charge in [-0.1, -0.05) is 6.07 Å². The van der Waals surface area contributed by atoms with Gasteiger partial charge in [0, 0.05) is 12.7 Å². The average molecular weight is 381 g/mol. The Labute approximate surface area is 164 Å². The second-order valence-corrected chi connectivity index (χ2v) is 5.81. The van der Waals surface area contributed by atoms with E-state index in [1.165, 1.54) is 13.3 Å². The maximum Gasteiger partial charge on any atom is 0.267 e. The first-order valence-electron chi connectivity index (χ1n) is 8.64. The van der Waals surface area contributed by atoms with Crippen LogP contribution in [0.4, 0.5) is 5.69 Å². The molecule has 0 saturated carbocycles. The molecular formula is C21H23N3O4. The maximum absolute atomic E-state index is 12.3. The predicted octanol–water partition coefficient (Wildman–Crippen LogP) is 3.03. The van der Waals surface area contributed by atoms with Crippen LogP contribution < -0.4 is 24.8 Å². The number of benzene rings is 2. The lowest BCUT2D eigenvalue weighted by molar-refractivity contribution is -0.112. The van der Waals surface area contributed by atoms with Crippen LogP contribution in [0.3, 0.4) is 0 Å². The molecule has 0 saturated heterocycles. The van der Waals surface area contributed by atoms with E-state index in [1.54, 1.807) is 43.5 Å². The summed E-state index contributed by atoms with van der Waals surface area (Å²) in [4.78, 5) is 12.3. The number of hydrogen-bond donors (Lipinski definition) is 2. The van der Waals surface area contributed by atoms with Gasteiger partial charge in [-0.05, 0) is 48.9 Å². The average Bonchev–Trinajstić information content (AvgIpc) is 2.71. The first-order chi connectivity index (χ1) is 13.6. The molecule has 0 atom stereocenters. The largest absolute Gasteiger partial charge is 0.497 e. The quantitative estimate of drug-likeness (QED) is 0.394. The number of carbonyl (C=O) groups is 1. The third kappa shape index (κ3) is 5.95. The molecule has 2 aromatic carbocycles. The molecule has 146 valence electrons. The summed E-state index contributed by atoms with van der Waals surface area (Å²) in [5.74, 6) is 1.46. The Morgan fingerprint density at radius 3 is 2.46 bits per heavy atom. The van der Waals surface area contributed by atoms with Crippen molar-refractivity contribution in [3.63, 3.8) is 0 Å². The highest BCUT2D eigenvalue weighted by atomic mass is 16.5. The van der Waals surface area contributed by atoms with Crippen LogP contribution in [0.1, 0.15) is 5.56 Å². The van der Waals surface area contributed by atoms with E-state index in [9.17, 15) is 10.1 Å². The van der Waals surface area contributed by atoms with E-state index in [-0.39, 0.29) is 5.57 Å². The Bertz CT molecular complexity index is 870. The van der Waals surface area contributed by atoms with E-state index in [0.29, 0.717) is 30.3 Å². The Kier molecular flexibility index (Phi) is 7.73. The smallest absolute Gasteiger partial charge is 0.267 e. The SMILES string of the molecule is COc1ccc(OCCN/C=C(/C#N)C(=O)Nc2cc(C)ccc2OC)cc1. The summed E-state index contributed by atoms with van der Waals surface area (Å²) in [6.07, 6.45) is 1.37. The standard InChI is InChI=1S/C21H23N3O4/c1-15-4-9-20(27-3)19(12-15)24-21(25)16(13-22)14-23-10-11-28-18-7-5-17(26-2)6-8-18/h4-9,12,14,23H,10-11H2,1-3H3,(H,24,25)/b16-14-. The molecule has 0 aromatic heterocycles. The van der Waals surface area contributed by atoms with Crippen molar-refractivity contribution in [1.29, 1.82) is 5.26 Å². The fourth-order valence-corrected chi connectivity index (χ4v) is 2.33.